The number of carbonyl (C=O) groups is 1. The molecule has 162 valence electrons. The van der Waals surface area contributed by atoms with Gasteiger partial charge in [-0.1, -0.05) is 17.3 Å². The van der Waals surface area contributed by atoms with Crippen molar-refractivity contribution in [3.63, 3.8) is 0 Å². The van der Waals surface area contributed by atoms with Crippen molar-refractivity contribution in [2.75, 3.05) is 33.2 Å². The molecule has 9 heteroatoms. The fraction of sp³-hybridized carbons (Fsp3) is 0.318. The van der Waals surface area contributed by atoms with Crippen LogP contribution in [0.15, 0.2) is 47.0 Å². The topological polar surface area (TPSA) is 99.0 Å². The van der Waals surface area contributed by atoms with Gasteiger partial charge in [-0.05, 0) is 37.1 Å². The number of hydrogen-bond acceptors (Lipinski definition) is 7. The number of methoxy groups -OCH3 is 3. The summed E-state index contributed by atoms with van der Waals surface area (Å²) < 4.78 is 21.5. The van der Waals surface area contributed by atoms with Crippen molar-refractivity contribution in [3.05, 3.63) is 48.4 Å². The summed E-state index contributed by atoms with van der Waals surface area (Å²) >= 11 is 0. The number of nitrogens with zero attached hydrogens (tertiary/aromatic N) is 3. The van der Waals surface area contributed by atoms with E-state index in [9.17, 15) is 4.79 Å². The molecule has 9 nitrogen and oxygen atoms in total. The van der Waals surface area contributed by atoms with Gasteiger partial charge in [-0.25, -0.2) is 4.79 Å². The van der Waals surface area contributed by atoms with E-state index in [0.29, 0.717) is 41.2 Å². The van der Waals surface area contributed by atoms with Gasteiger partial charge in [0.15, 0.2) is 0 Å². The van der Waals surface area contributed by atoms with Crippen LogP contribution in [0.2, 0.25) is 0 Å². The standard InChI is InChI=1S/C22H24N4O5/c1-28-14-10-11-16(19(13-14)30-3)23-22(27)26-12-6-8-17(26)21-24-20(25-31-21)15-7-4-5-9-18(15)29-2/h4-5,7,9-11,13,17H,6,8,12H2,1-3H3,(H,23,27)/t17-/m1/s1. The molecule has 1 saturated heterocycles. The van der Waals surface area contributed by atoms with Crippen molar-refractivity contribution in [1.82, 2.24) is 15.0 Å². The Morgan fingerprint density at radius 1 is 1.10 bits per heavy atom. The second-order valence-electron chi connectivity index (χ2n) is 7.00. The molecule has 1 N–H and O–H groups in total. The minimum Gasteiger partial charge on any atom is -0.497 e. The molecule has 0 unspecified atom stereocenters. The van der Waals surface area contributed by atoms with E-state index >= 15 is 0 Å². The van der Waals surface area contributed by atoms with Gasteiger partial charge in [-0.3, -0.25) is 0 Å². The number of amides is 2. The quantitative estimate of drug-likeness (QED) is 0.635. The van der Waals surface area contributed by atoms with Crippen LogP contribution in [0.25, 0.3) is 11.4 Å². The summed E-state index contributed by atoms with van der Waals surface area (Å²) in [6, 6.07) is 12.1. The molecule has 1 atom stereocenters. The highest BCUT2D eigenvalue weighted by Gasteiger charge is 2.34. The zero-order chi connectivity index (χ0) is 21.8. The molecule has 4 rings (SSSR count). The number of hydrogen-bond donors (Lipinski definition) is 1. The smallest absolute Gasteiger partial charge is 0.322 e. The Bertz CT molecular complexity index is 1070. The third-order valence-electron chi connectivity index (χ3n) is 5.24. The van der Waals surface area contributed by atoms with E-state index in [1.54, 1.807) is 44.4 Å². The van der Waals surface area contributed by atoms with Crippen molar-refractivity contribution in [2.45, 2.75) is 18.9 Å². The summed E-state index contributed by atoms with van der Waals surface area (Å²) in [7, 11) is 4.71. The lowest BCUT2D eigenvalue weighted by atomic mass is 10.2. The Morgan fingerprint density at radius 3 is 2.68 bits per heavy atom. The average Bonchev–Trinajstić information content (AvgIpc) is 3.49. The molecule has 1 aliphatic heterocycles. The Kier molecular flexibility index (Phi) is 5.92. The zero-order valence-corrected chi connectivity index (χ0v) is 17.6. The maximum absolute atomic E-state index is 13.0. The van der Waals surface area contributed by atoms with Gasteiger partial charge in [0.25, 0.3) is 0 Å². The van der Waals surface area contributed by atoms with Crippen molar-refractivity contribution in [3.8, 4) is 28.6 Å². The van der Waals surface area contributed by atoms with Gasteiger partial charge in [0.1, 0.15) is 23.3 Å². The van der Waals surface area contributed by atoms with Gasteiger partial charge in [0.05, 0.1) is 32.6 Å². The minimum absolute atomic E-state index is 0.261. The average molecular weight is 424 g/mol. The number of likely N-dealkylation sites (tertiary alicyclic amines) is 1. The molecule has 0 radical (unpaired) electrons. The second-order valence-corrected chi connectivity index (χ2v) is 7.00. The molecular formula is C22H24N4O5. The first-order chi connectivity index (χ1) is 15.1. The van der Waals surface area contributed by atoms with E-state index < -0.39 is 0 Å². The number of para-hydroxylation sites is 1. The molecule has 0 spiro atoms. The van der Waals surface area contributed by atoms with Gasteiger partial charge in [-0.15, -0.1) is 0 Å². The number of carbonyl (C=O) groups excluding carboxylic acids is 1. The van der Waals surface area contributed by atoms with Crippen LogP contribution in [0, 0.1) is 0 Å². The Balaban J connectivity index is 1.53. The highest BCUT2D eigenvalue weighted by atomic mass is 16.5. The van der Waals surface area contributed by atoms with Gasteiger partial charge in [0, 0.05) is 12.6 Å². The number of urea groups is 1. The molecule has 1 aromatic heterocycles. The van der Waals surface area contributed by atoms with Crippen molar-refractivity contribution in [2.24, 2.45) is 0 Å². The van der Waals surface area contributed by atoms with Crippen LogP contribution in [0.5, 0.6) is 17.2 Å². The fourth-order valence-corrected chi connectivity index (χ4v) is 3.66. The second kappa shape index (κ2) is 8.95. The monoisotopic (exact) mass is 424 g/mol. The first-order valence-corrected chi connectivity index (χ1v) is 9.91. The molecule has 1 aliphatic rings. The van der Waals surface area contributed by atoms with Crippen LogP contribution in [-0.4, -0.2) is 48.9 Å². The molecule has 3 aromatic rings. The predicted octanol–water partition coefficient (Wildman–Crippen LogP) is 4.13. The van der Waals surface area contributed by atoms with E-state index in [1.165, 1.54) is 0 Å². The van der Waals surface area contributed by atoms with Crippen molar-refractivity contribution < 1.29 is 23.5 Å². The maximum atomic E-state index is 13.0. The zero-order valence-electron chi connectivity index (χ0n) is 17.6. The number of rotatable bonds is 6. The van der Waals surface area contributed by atoms with Crippen LogP contribution in [-0.2, 0) is 0 Å². The van der Waals surface area contributed by atoms with Crippen LogP contribution in [0.1, 0.15) is 24.8 Å². The molecule has 2 aromatic carbocycles. The summed E-state index contributed by atoms with van der Waals surface area (Å²) in [6.07, 6.45) is 1.57. The normalized spacial score (nSPS) is 15.6. The third-order valence-corrected chi connectivity index (χ3v) is 5.24. The first kappa shape index (κ1) is 20.5. The SMILES string of the molecule is COc1ccc(NC(=O)N2CCC[C@@H]2c2nc(-c3ccccc3OC)no2)c(OC)c1. The number of benzene rings is 2. The molecule has 1 fully saturated rings. The van der Waals surface area contributed by atoms with E-state index in [2.05, 4.69) is 15.5 Å². The minimum atomic E-state index is -0.305. The lowest BCUT2D eigenvalue weighted by Gasteiger charge is -2.23. The largest absolute Gasteiger partial charge is 0.497 e. The van der Waals surface area contributed by atoms with Crippen LogP contribution < -0.4 is 19.5 Å². The van der Waals surface area contributed by atoms with Crippen LogP contribution >= 0.6 is 0 Å². The summed E-state index contributed by atoms with van der Waals surface area (Å²) in [5.74, 6) is 2.64. The summed E-state index contributed by atoms with van der Waals surface area (Å²) in [5, 5.41) is 7.01. The molecule has 0 bridgehead atoms. The van der Waals surface area contributed by atoms with E-state index in [0.717, 1.165) is 18.4 Å². The molecule has 2 heterocycles. The highest BCUT2D eigenvalue weighted by Crippen LogP contribution is 2.35. The van der Waals surface area contributed by atoms with Crippen molar-refractivity contribution >= 4 is 11.7 Å². The molecule has 0 aliphatic carbocycles. The Morgan fingerprint density at radius 2 is 1.90 bits per heavy atom. The van der Waals surface area contributed by atoms with Crippen LogP contribution in [0.3, 0.4) is 0 Å². The van der Waals surface area contributed by atoms with Gasteiger partial charge in [0.2, 0.25) is 11.7 Å². The number of anilines is 1. The molecule has 31 heavy (non-hydrogen) atoms. The Hall–Kier alpha value is -3.75. The first-order valence-electron chi connectivity index (χ1n) is 9.91. The fourth-order valence-electron chi connectivity index (χ4n) is 3.66. The van der Waals surface area contributed by atoms with Gasteiger partial charge < -0.3 is 29.0 Å². The number of ether oxygens (including phenoxy) is 3. The summed E-state index contributed by atoms with van der Waals surface area (Å²) in [6.45, 7) is 0.585. The van der Waals surface area contributed by atoms with E-state index in [-0.39, 0.29) is 12.1 Å². The number of aromatic nitrogens is 2. The molecular weight excluding hydrogens is 400 g/mol. The summed E-state index contributed by atoms with van der Waals surface area (Å²) in [5.41, 5.74) is 1.29. The summed E-state index contributed by atoms with van der Waals surface area (Å²) in [4.78, 5) is 19.3. The Labute approximate surface area is 179 Å². The van der Waals surface area contributed by atoms with Crippen molar-refractivity contribution in [1.29, 1.82) is 0 Å². The van der Waals surface area contributed by atoms with E-state index in [4.69, 9.17) is 18.7 Å². The van der Waals surface area contributed by atoms with E-state index in [1.807, 2.05) is 24.3 Å². The molecule has 0 saturated carbocycles. The lowest BCUT2D eigenvalue weighted by Crippen LogP contribution is -2.34. The molecule has 2 amide bonds. The van der Waals surface area contributed by atoms with Gasteiger partial charge in [-0.2, -0.15) is 4.98 Å². The predicted molar refractivity (Wildman–Crippen MR) is 114 cm³/mol. The highest BCUT2D eigenvalue weighted by molar-refractivity contribution is 5.91. The maximum Gasteiger partial charge on any atom is 0.322 e. The lowest BCUT2D eigenvalue weighted by molar-refractivity contribution is 0.193. The third kappa shape index (κ3) is 4.11. The van der Waals surface area contributed by atoms with Gasteiger partial charge >= 0.3 is 6.03 Å². The van der Waals surface area contributed by atoms with Crippen LogP contribution in [0.4, 0.5) is 10.5 Å². The number of nitrogens with one attached hydrogen (secondary N) is 1.